The van der Waals surface area contributed by atoms with Gasteiger partial charge in [0.25, 0.3) is 0 Å². The van der Waals surface area contributed by atoms with Gasteiger partial charge < -0.3 is 19.5 Å². The first-order valence-corrected chi connectivity index (χ1v) is 9.92. The maximum atomic E-state index is 13.3. The van der Waals surface area contributed by atoms with Gasteiger partial charge in [0.15, 0.2) is 23.2 Å². The lowest BCUT2D eigenvalue weighted by Gasteiger charge is -2.23. The van der Waals surface area contributed by atoms with Crippen LogP contribution >= 0.6 is 0 Å². The van der Waals surface area contributed by atoms with Gasteiger partial charge in [-0.3, -0.25) is 4.79 Å². The standard InChI is InChI=1S/C23H26F3NO5/c1-23(2,3)32-22(29)27-17(12-30-11-15-7-5-4-6-8-15)13-31-14-20(28)16-9-18(24)21(26)19(25)10-16/h4-10,17H,11-14H2,1-3H3,(H,27,29)/t17-/m0/s1. The van der Waals surface area contributed by atoms with Crippen LogP contribution in [0.3, 0.4) is 0 Å². The molecule has 0 aliphatic carbocycles. The third-order valence-electron chi connectivity index (χ3n) is 4.01. The van der Waals surface area contributed by atoms with Crippen molar-refractivity contribution in [1.82, 2.24) is 5.32 Å². The molecule has 9 heteroatoms. The summed E-state index contributed by atoms with van der Waals surface area (Å²) in [6.45, 7) is 4.82. The monoisotopic (exact) mass is 453 g/mol. The number of amides is 1. The molecule has 0 heterocycles. The van der Waals surface area contributed by atoms with E-state index in [4.69, 9.17) is 14.2 Å². The van der Waals surface area contributed by atoms with E-state index in [2.05, 4.69) is 5.32 Å². The van der Waals surface area contributed by atoms with Gasteiger partial charge in [-0.05, 0) is 38.5 Å². The molecule has 0 bridgehead atoms. The van der Waals surface area contributed by atoms with Gasteiger partial charge in [-0.2, -0.15) is 0 Å². The van der Waals surface area contributed by atoms with Crippen molar-refractivity contribution in [3.05, 3.63) is 71.0 Å². The van der Waals surface area contributed by atoms with Crippen molar-refractivity contribution in [3.8, 4) is 0 Å². The maximum absolute atomic E-state index is 13.3. The second kappa shape index (κ2) is 11.6. The zero-order valence-electron chi connectivity index (χ0n) is 18.1. The summed E-state index contributed by atoms with van der Waals surface area (Å²) in [4.78, 5) is 24.2. The number of carbonyl (C=O) groups is 2. The van der Waals surface area contributed by atoms with E-state index in [1.54, 1.807) is 20.8 Å². The van der Waals surface area contributed by atoms with Crippen molar-refractivity contribution in [2.45, 2.75) is 39.0 Å². The molecule has 2 aromatic carbocycles. The third kappa shape index (κ3) is 8.68. The third-order valence-corrected chi connectivity index (χ3v) is 4.01. The lowest BCUT2D eigenvalue weighted by Crippen LogP contribution is -2.44. The van der Waals surface area contributed by atoms with Crippen LogP contribution in [0.1, 0.15) is 36.7 Å². The summed E-state index contributed by atoms with van der Waals surface area (Å²) >= 11 is 0. The highest BCUT2D eigenvalue weighted by Gasteiger charge is 2.21. The SMILES string of the molecule is CC(C)(C)OC(=O)N[C@H](COCC(=O)c1cc(F)c(F)c(F)c1)COCc1ccccc1. The molecule has 0 unspecified atom stereocenters. The topological polar surface area (TPSA) is 73.9 Å². The number of ketones is 1. The predicted molar refractivity (Wildman–Crippen MR) is 111 cm³/mol. The first-order valence-electron chi connectivity index (χ1n) is 9.92. The minimum Gasteiger partial charge on any atom is -0.444 e. The highest BCUT2D eigenvalue weighted by atomic mass is 19.2. The molecule has 0 saturated carbocycles. The molecule has 2 aromatic rings. The quantitative estimate of drug-likeness (QED) is 0.426. The minimum absolute atomic E-state index is 0.0577. The maximum Gasteiger partial charge on any atom is 0.408 e. The molecule has 0 fully saturated rings. The number of halogens is 3. The van der Waals surface area contributed by atoms with Crippen molar-refractivity contribution in [3.63, 3.8) is 0 Å². The van der Waals surface area contributed by atoms with Crippen molar-refractivity contribution >= 4 is 11.9 Å². The van der Waals surface area contributed by atoms with Gasteiger partial charge >= 0.3 is 6.09 Å². The van der Waals surface area contributed by atoms with Crippen molar-refractivity contribution in [2.75, 3.05) is 19.8 Å². The fourth-order valence-electron chi connectivity index (χ4n) is 2.59. The van der Waals surface area contributed by atoms with Crippen molar-refractivity contribution in [1.29, 1.82) is 0 Å². The molecule has 0 saturated heterocycles. The van der Waals surface area contributed by atoms with E-state index < -0.39 is 47.6 Å². The Morgan fingerprint density at radius 1 is 0.969 bits per heavy atom. The number of ether oxygens (including phenoxy) is 3. The number of hydrogen-bond donors (Lipinski definition) is 1. The summed E-state index contributed by atoms with van der Waals surface area (Å²) < 4.78 is 55.9. The van der Waals surface area contributed by atoms with Crippen molar-refractivity contribution < 1.29 is 37.0 Å². The van der Waals surface area contributed by atoms with Crippen molar-refractivity contribution in [2.24, 2.45) is 0 Å². The Balaban J connectivity index is 1.92. The molecule has 6 nitrogen and oxygen atoms in total. The Labute approximate surface area is 184 Å². The molecular weight excluding hydrogens is 427 g/mol. The zero-order valence-corrected chi connectivity index (χ0v) is 18.1. The lowest BCUT2D eigenvalue weighted by atomic mass is 10.1. The van der Waals surface area contributed by atoms with Crippen LogP contribution in [-0.4, -0.2) is 43.3 Å². The van der Waals surface area contributed by atoms with Crippen LogP contribution < -0.4 is 5.32 Å². The number of rotatable bonds is 10. The highest BCUT2D eigenvalue weighted by molar-refractivity contribution is 5.97. The van der Waals surface area contributed by atoms with Crippen LogP contribution in [-0.2, 0) is 20.8 Å². The van der Waals surface area contributed by atoms with E-state index in [-0.39, 0.29) is 18.8 Å². The molecule has 32 heavy (non-hydrogen) atoms. The Hall–Kier alpha value is -2.91. The van der Waals surface area contributed by atoms with E-state index in [9.17, 15) is 22.8 Å². The fourth-order valence-corrected chi connectivity index (χ4v) is 2.59. The molecule has 1 N–H and O–H groups in total. The van der Waals surface area contributed by atoms with Crippen LogP contribution in [0.25, 0.3) is 0 Å². The summed E-state index contributed by atoms with van der Waals surface area (Å²) in [5.74, 6) is -5.33. The summed E-state index contributed by atoms with van der Waals surface area (Å²) in [6, 6.07) is 9.91. The first-order chi connectivity index (χ1) is 15.0. The number of carbonyl (C=O) groups excluding carboxylic acids is 2. The lowest BCUT2D eigenvalue weighted by molar-refractivity contribution is 0.0265. The normalized spacial score (nSPS) is 12.3. The molecular formula is C23H26F3NO5. The Bertz CT molecular complexity index is 893. The smallest absolute Gasteiger partial charge is 0.408 e. The molecule has 1 amide bonds. The molecule has 0 aliphatic rings. The summed E-state index contributed by atoms with van der Waals surface area (Å²) in [6.07, 6.45) is -0.691. The summed E-state index contributed by atoms with van der Waals surface area (Å²) in [5.41, 5.74) is -0.147. The first kappa shape index (κ1) is 25.4. The number of benzene rings is 2. The van der Waals surface area contributed by atoms with Gasteiger partial charge in [0.1, 0.15) is 12.2 Å². The van der Waals surface area contributed by atoms with Crippen LogP contribution in [0.4, 0.5) is 18.0 Å². The number of Topliss-reactive ketones (excluding diaryl/α,β-unsaturated/α-hetero) is 1. The summed E-state index contributed by atoms with van der Waals surface area (Å²) in [7, 11) is 0. The van der Waals surface area contributed by atoms with Crippen LogP contribution in [0, 0.1) is 17.5 Å². The number of hydrogen-bond acceptors (Lipinski definition) is 5. The Morgan fingerprint density at radius 2 is 1.56 bits per heavy atom. The van der Waals surface area contributed by atoms with E-state index >= 15 is 0 Å². The average Bonchev–Trinajstić information content (AvgIpc) is 2.70. The number of alkyl carbamates (subject to hydrolysis) is 1. The molecule has 0 aromatic heterocycles. The van der Waals surface area contributed by atoms with Gasteiger partial charge in [-0.25, -0.2) is 18.0 Å². The van der Waals surface area contributed by atoms with E-state index in [1.807, 2.05) is 30.3 Å². The van der Waals surface area contributed by atoms with E-state index in [1.165, 1.54) is 0 Å². The van der Waals surface area contributed by atoms with Gasteiger partial charge in [-0.15, -0.1) is 0 Å². The molecule has 0 radical (unpaired) electrons. The van der Waals surface area contributed by atoms with Gasteiger partial charge in [-0.1, -0.05) is 30.3 Å². The predicted octanol–water partition coefficient (Wildman–Crippen LogP) is 4.41. The number of nitrogens with one attached hydrogen (secondary N) is 1. The molecule has 0 spiro atoms. The average molecular weight is 453 g/mol. The second-order valence-corrected chi connectivity index (χ2v) is 8.04. The van der Waals surface area contributed by atoms with E-state index in [0.717, 1.165) is 5.56 Å². The van der Waals surface area contributed by atoms with Crippen LogP contribution in [0.15, 0.2) is 42.5 Å². The fraction of sp³-hybridized carbons (Fsp3) is 0.391. The van der Waals surface area contributed by atoms with E-state index in [0.29, 0.717) is 18.7 Å². The minimum atomic E-state index is -1.65. The molecule has 1 atom stereocenters. The largest absolute Gasteiger partial charge is 0.444 e. The second-order valence-electron chi connectivity index (χ2n) is 8.04. The van der Waals surface area contributed by atoms with Gasteiger partial charge in [0, 0.05) is 5.56 Å². The molecule has 0 aliphatic heterocycles. The Kier molecular flexibility index (Phi) is 9.22. The molecule has 174 valence electrons. The van der Waals surface area contributed by atoms with Crippen LogP contribution in [0.5, 0.6) is 0 Å². The Morgan fingerprint density at radius 3 is 2.16 bits per heavy atom. The highest BCUT2D eigenvalue weighted by Crippen LogP contribution is 2.14. The zero-order chi connectivity index (χ0) is 23.7. The molecule has 2 rings (SSSR count). The summed E-state index contributed by atoms with van der Waals surface area (Å²) in [5, 5.41) is 2.61. The van der Waals surface area contributed by atoms with Gasteiger partial charge in [0.05, 0.1) is 25.9 Å². The van der Waals surface area contributed by atoms with Gasteiger partial charge in [0.2, 0.25) is 0 Å². The van der Waals surface area contributed by atoms with Crippen LogP contribution in [0.2, 0.25) is 0 Å².